The minimum Gasteiger partial charge on any atom is -0.458 e. The molecule has 1 saturated heterocycles. The molecular formula is C32H28FIN6O3. The zero-order valence-corrected chi connectivity index (χ0v) is 25.1. The van der Waals surface area contributed by atoms with Gasteiger partial charge in [0, 0.05) is 28.2 Å². The summed E-state index contributed by atoms with van der Waals surface area (Å²) in [6.45, 7) is 1.17. The summed E-state index contributed by atoms with van der Waals surface area (Å²) in [4.78, 5) is 16.1. The summed E-state index contributed by atoms with van der Waals surface area (Å²) >= 11 is 1.47. The third-order valence-electron chi connectivity index (χ3n) is 7.14. The summed E-state index contributed by atoms with van der Waals surface area (Å²) in [5.41, 5.74) is 3.17. The molecule has 0 saturated carbocycles. The smallest absolute Gasteiger partial charge is 0.359 e. The van der Waals surface area contributed by atoms with Crippen LogP contribution in [0.2, 0.25) is 0 Å². The van der Waals surface area contributed by atoms with Gasteiger partial charge in [-0.3, -0.25) is 0 Å². The molecule has 4 aromatic carbocycles. The lowest BCUT2D eigenvalue weighted by molar-refractivity contribution is -0.152. The van der Waals surface area contributed by atoms with Gasteiger partial charge >= 0.3 is 5.97 Å². The fourth-order valence-electron chi connectivity index (χ4n) is 4.90. The highest BCUT2D eigenvalue weighted by Crippen LogP contribution is 2.37. The molecule has 1 aliphatic rings. The molecule has 1 fully saturated rings. The summed E-state index contributed by atoms with van der Waals surface area (Å²) in [5.74, 6) is -0.560. The van der Waals surface area contributed by atoms with Crippen LogP contribution in [0.3, 0.4) is 0 Å². The van der Waals surface area contributed by atoms with Crippen LogP contribution in [-0.2, 0) is 26.4 Å². The maximum Gasteiger partial charge on any atom is 0.359 e. The number of β-amino-alcohol motifs (C(OH)–C–C–N with tert-alkyl or cyclic N) is 1. The molecule has 1 aromatic heterocycles. The number of alkyl halides is 2. The lowest BCUT2D eigenvalue weighted by atomic mass is 9.93. The van der Waals surface area contributed by atoms with Gasteiger partial charge in [-0.25, -0.2) is 9.18 Å². The van der Waals surface area contributed by atoms with Crippen LogP contribution >= 0.6 is 22.6 Å². The Bertz CT molecular complexity index is 1690. The molecule has 0 bridgehead atoms. The second kappa shape index (κ2) is 12.1. The Morgan fingerprint density at radius 3 is 2.33 bits per heavy atom. The highest BCUT2D eigenvalue weighted by atomic mass is 127. The summed E-state index contributed by atoms with van der Waals surface area (Å²) in [5, 5.41) is 27.2. The van der Waals surface area contributed by atoms with E-state index < -0.39 is 15.2 Å². The molecule has 43 heavy (non-hydrogen) atoms. The van der Waals surface area contributed by atoms with Gasteiger partial charge in [0.1, 0.15) is 12.2 Å². The van der Waals surface area contributed by atoms with Crippen molar-refractivity contribution >= 4 is 45.6 Å². The Kier molecular flexibility index (Phi) is 8.08. The minimum absolute atomic E-state index is 0.00512. The second-order valence-corrected chi connectivity index (χ2v) is 11.9. The number of carbonyl (C=O) groups excluding carboxylic acids is 1. The van der Waals surface area contributed by atoms with Crippen molar-refractivity contribution in [2.24, 2.45) is 0 Å². The molecule has 1 unspecified atom stereocenters. The van der Waals surface area contributed by atoms with Crippen molar-refractivity contribution in [1.29, 1.82) is 0 Å². The first kappa shape index (κ1) is 28.7. The van der Waals surface area contributed by atoms with Crippen molar-refractivity contribution in [2.45, 2.75) is 22.4 Å². The van der Waals surface area contributed by atoms with Crippen LogP contribution in [0, 0.1) is 0 Å². The Morgan fingerprint density at radius 2 is 1.60 bits per heavy atom. The van der Waals surface area contributed by atoms with Gasteiger partial charge in [0.25, 0.3) is 3.68 Å². The van der Waals surface area contributed by atoms with Gasteiger partial charge in [0.05, 0.1) is 19.6 Å². The van der Waals surface area contributed by atoms with E-state index in [2.05, 4.69) is 25.6 Å². The summed E-state index contributed by atoms with van der Waals surface area (Å²) in [7, 11) is 0. The number of halogens is 2. The number of rotatable bonds is 10. The predicted molar refractivity (Wildman–Crippen MR) is 170 cm³/mol. The molecule has 2 N–H and O–H groups in total. The molecule has 218 valence electrons. The normalized spacial score (nSPS) is 15.3. The SMILES string of the molecule is O=C(OCc1ccccc1)C(F)(I)c1ccc(Nc2ccccc2-c2nnn(CC3(O)CN(c4ccccc4)C3)n2)cc1. The van der Waals surface area contributed by atoms with Crippen molar-refractivity contribution in [2.75, 3.05) is 23.3 Å². The molecule has 0 aliphatic carbocycles. The van der Waals surface area contributed by atoms with Crippen molar-refractivity contribution in [3.8, 4) is 11.4 Å². The topological polar surface area (TPSA) is 105 Å². The van der Waals surface area contributed by atoms with Crippen LogP contribution < -0.4 is 10.2 Å². The summed E-state index contributed by atoms with van der Waals surface area (Å²) < 4.78 is 18.4. The third-order valence-corrected chi connectivity index (χ3v) is 8.21. The van der Waals surface area contributed by atoms with Gasteiger partial charge in [-0.05, 0) is 69.8 Å². The number of hydrogen-bond acceptors (Lipinski definition) is 8. The lowest BCUT2D eigenvalue weighted by Crippen LogP contribution is -2.64. The predicted octanol–water partition coefficient (Wildman–Crippen LogP) is 5.64. The van der Waals surface area contributed by atoms with Gasteiger partial charge < -0.3 is 20.1 Å². The molecule has 5 aromatic rings. The van der Waals surface area contributed by atoms with E-state index in [9.17, 15) is 9.90 Å². The van der Waals surface area contributed by atoms with Crippen LogP contribution in [0.25, 0.3) is 11.4 Å². The van der Waals surface area contributed by atoms with Crippen molar-refractivity contribution in [3.05, 3.63) is 120 Å². The number of nitrogens with one attached hydrogen (secondary N) is 1. The van der Waals surface area contributed by atoms with Crippen LogP contribution in [-0.4, -0.2) is 50.0 Å². The Balaban J connectivity index is 1.10. The zero-order chi connectivity index (χ0) is 29.9. The van der Waals surface area contributed by atoms with E-state index in [1.54, 1.807) is 24.3 Å². The highest BCUT2D eigenvalue weighted by molar-refractivity contribution is 14.1. The fraction of sp³-hybridized carbons (Fsp3) is 0.188. The van der Waals surface area contributed by atoms with Crippen molar-refractivity contribution in [3.63, 3.8) is 0 Å². The minimum atomic E-state index is -2.34. The van der Waals surface area contributed by atoms with E-state index in [0.29, 0.717) is 30.2 Å². The fourth-order valence-corrected chi connectivity index (χ4v) is 5.42. The number of para-hydroxylation sites is 2. The van der Waals surface area contributed by atoms with E-state index in [1.165, 1.54) is 27.4 Å². The van der Waals surface area contributed by atoms with E-state index in [-0.39, 0.29) is 18.7 Å². The van der Waals surface area contributed by atoms with Crippen LogP contribution in [0.1, 0.15) is 11.1 Å². The van der Waals surface area contributed by atoms with Crippen molar-refractivity contribution < 1.29 is 19.0 Å². The van der Waals surface area contributed by atoms with Gasteiger partial charge in [-0.1, -0.05) is 72.8 Å². The number of tetrazole rings is 1. The quantitative estimate of drug-likeness (QED) is 0.110. The van der Waals surface area contributed by atoms with Crippen LogP contribution in [0.5, 0.6) is 0 Å². The molecular weight excluding hydrogens is 662 g/mol. The number of benzene rings is 4. The molecule has 2 heterocycles. The molecule has 1 aliphatic heterocycles. The van der Waals surface area contributed by atoms with Crippen molar-refractivity contribution in [1.82, 2.24) is 20.2 Å². The third kappa shape index (κ3) is 6.52. The largest absolute Gasteiger partial charge is 0.458 e. The number of ether oxygens (including phenoxy) is 1. The monoisotopic (exact) mass is 690 g/mol. The number of aliphatic hydroxyl groups is 1. The number of hydrogen-bond donors (Lipinski definition) is 2. The number of esters is 1. The number of aromatic nitrogens is 4. The molecule has 0 amide bonds. The number of nitrogens with zero attached hydrogens (tertiary/aromatic N) is 5. The van der Waals surface area contributed by atoms with E-state index >= 15 is 4.39 Å². The van der Waals surface area contributed by atoms with Gasteiger partial charge in [-0.2, -0.15) is 4.80 Å². The molecule has 11 heteroatoms. The van der Waals surface area contributed by atoms with E-state index in [1.807, 2.05) is 84.9 Å². The molecule has 0 radical (unpaired) electrons. The molecule has 0 spiro atoms. The first-order valence-electron chi connectivity index (χ1n) is 13.7. The number of carbonyl (C=O) groups is 1. The Morgan fingerprint density at radius 1 is 0.953 bits per heavy atom. The Labute approximate surface area is 261 Å². The summed E-state index contributed by atoms with van der Waals surface area (Å²) in [6.07, 6.45) is 0. The molecule has 1 atom stereocenters. The van der Waals surface area contributed by atoms with Gasteiger partial charge in [0.2, 0.25) is 5.82 Å². The van der Waals surface area contributed by atoms with E-state index in [0.717, 1.165) is 16.9 Å². The van der Waals surface area contributed by atoms with Crippen LogP contribution in [0.4, 0.5) is 21.5 Å². The maximum atomic E-state index is 15.5. The lowest BCUT2D eigenvalue weighted by Gasteiger charge is -2.47. The van der Waals surface area contributed by atoms with Crippen LogP contribution in [0.15, 0.2) is 109 Å². The highest BCUT2D eigenvalue weighted by Gasteiger charge is 2.42. The summed E-state index contributed by atoms with van der Waals surface area (Å²) in [6, 6.07) is 33.1. The van der Waals surface area contributed by atoms with Gasteiger partial charge in [0.15, 0.2) is 0 Å². The zero-order valence-electron chi connectivity index (χ0n) is 23.0. The maximum absolute atomic E-state index is 15.5. The second-order valence-electron chi connectivity index (χ2n) is 10.4. The Hall–Kier alpha value is -4.36. The average Bonchev–Trinajstić information content (AvgIpc) is 3.48. The number of anilines is 3. The molecule has 6 rings (SSSR count). The van der Waals surface area contributed by atoms with E-state index in [4.69, 9.17) is 4.74 Å². The van der Waals surface area contributed by atoms with Gasteiger partial charge in [-0.15, -0.1) is 10.2 Å². The standard InChI is InChI=1S/C32H28FIN6O3/c33-32(34,30(41)43-19-23-9-3-1-4-10-23)24-15-17-25(18-16-24)35-28-14-8-7-13-27(28)29-36-38-40(37-29)22-31(42)20-39(21-31)26-11-5-2-6-12-26/h1-18,35,42H,19-22H2. The first-order chi connectivity index (χ1) is 20.8. The average molecular weight is 691 g/mol. The first-order valence-corrected chi connectivity index (χ1v) is 14.7. The molecule has 9 nitrogen and oxygen atoms in total.